The molecule has 0 spiro atoms. The highest BCUT2D eigenvalue weighted by atomic mass is 32.2. The van der Waals surface area contributed by atoms with Crippen LogP contribution < -0.4 is 4.74 Å². The third kappa shape index (κ3) is 3.38. The highest BCUT2D eigenvalue weighted by Gasteiger charge is 2.16. The number of hydrogen-bond acceptors (Lipinski definition) is 5. The van der Waals surface area contributed by atoms with Crippen LogP contribution in [0, 0.1) is 6.92 Å². The van der Waals surface area contributed by atoms with E-state index in [9.17, 15) is 18.3 Å². The van der Waals surface area contributed by atoms with E-state index in [1.807, 2.05) is 0 Å². The van der Waals surface area contributed by atoms with E-state index in [0.717, 1.165) is 6.26 Å². The summed E-state index contributed by atoms with van der Waals surface area (Å²) in [5.41, 5.74) is 0.505. The molecule has 6 nitrogen and oxygen atoms in total. The molecule has 1 N–H and O–H groups in total. The smallest absolute Gasteiger partial charge is 0.341 e. The number of pyridine rings is 1. The van der Waals surface area contributed by atoms with Gasteiger partial charge in [-0.25, -0.2) is 18.2 Å². The van der Waals surface area contributed by atoms with Crippen molar-refractivity contribution < 1.29 is 23.1 Å². The standard InChI is InChI=1S/C14H13NO5S/c1-9-7-8-15-13(12(9)14(16)17)20-10-3-5-11(6-4-10)21(2,18)19/h3-8H,1-2H3,(H,16,17). The second kappa shape index (κ2) is 5.53. The molecule has 1 aromatic heterocycles. The van der Waals surface area contributed by atoms with Gasteiger partial charge in [0.15, 0.2) is 9.84 Å². The molecule has 0 unspecified atom stereocenters. The Morgan fingerprint density at radius 1 is 1.19 bits per heavy atom. The molecule has 0 fully saturated rings. The van der Waals surface area contributed by atoms with Crippen molar-refractivity contribution in [3.63, 3.8) is 0 Å². The van der Waals surface area contributed by atoms with Crippen LogP contribution >= 0.6 is 0 Å². The van der Waals surface area contributed by atoms with Gasteiger partial charge in [-0.2, -0.15) is 0 Å². The highest BCUT2D eigenvalue weighted by Crippen LogP contribution is 2.26. The lowest BCUT2D eigenvalue weighted by molar-refractivity contribution is 0.0692. The third-order valence-electron chi connectivity index (χ3n) is 2.80. The van der Waals surface area contributed by atoms with Gasteiger partial charge in [0, 0.05) is 12.5 Å². The summed E-state index contributed by atoms with van der Waals surface area (Å²) in [7, 11) is -3.29. The number of aryl methyl sites for hydroxylation is 1. The molecule has 0 aliphatic heterocycles. The summed E-state index contributed by atoms with van der Waals surface area (Å²) in [5, 5.41) is 9.18. The molecule has 0 aliphatic carbocycles. The maximum absolute atomic E-state index is 11.4. The SMILES string of the molecule is Cc1ccnc(Oc2ccc(S(C)(=O)=O)cc2)c1C(=O)O. The Morgan fingerprint density at radius 2 is 1.81 bits per heavy atom. The molecule has 110 valence electrons. The molecule has 0 amide bonds. The van der Waals surface area contributed by atoms with Gasteiger partial charge >= 0.3 is 5.97 Å². The molecule has 2 rings (SSSR count). The lowest BCUT2D eigenvalue weighted by Crippen LogP contribution is -2.04. The minimum Gasteiger partial charge on any atom is -0.477 e. The van der Waals surface area contributed by atoms with Crippen LogP contribution in [0.3, 0.4) is 0 Å². The Kier molecular flexibility index (Phi) is 3.95. The zero-order valence-corrected chi connectivity index (χ0v) is 12.2. The van der Waals surface area contributed by atoms with Crippen LogP contribution in [0.5, 0.6) is 11.6 Å². The molecule has 21 heavy (non-hydrogen) atoms. The molecule has 0 saturated heterocycles. The van der Waals surface area contributed by atoms with Crippen molar-refractivity contribution in [3.05, 3.63) is 47.7 Å². The van der Waals surface area contributed by atoms with E-state index in [0.29, 0.717) is 11.3 Å². The van der Waals surface area contributed by atoms with Crippen molar-refractivity contribution in [2.75, 3.05) is 6.26 Å². The average Bonchev–Trinajstić information content (AvgIpc) is 2.38. The van der Waals surface area contributed by atoms with Crippen LogP contribution in [0.1, 0.15) is 15.9 Å². The first-order valence-electron chi connectivity index (χ1n) is 5.96. The van der Waals surface area contributed by atoms with Crippen molar-refractivity contribution in [1.29, 1.82) is 0 Å². The first kappa shape index (κ1) is 15.0. The van der Waals surface area contributed by atoms with Gasteiger partial charge in [0.25, 0.3) is 0 Å². The third-order valence-corrected chi connectivity index (χ3v) is 3.93. The van der Waals surface area contributed by atoms with Crippen molar-refractivity contribution in [2.24, 2.45) is 0 Å². The molecular weight excluding hydrogens is 294 g/mol. The van der Waals surface area contributed by atoms with E-state index in [-0.39, 0.29) is 16.3 Å². The normalized spacial score (nSPS) is 11.1. The number of sulfone groups is 1. The average molecular weight is 307 g/mol. The Bertz CT molecular complexity index is 782. The molecule has 7 heteroatoms. The molecule has 1 heterocycles. The summed E-state index contributed by atoms with van der Waals surface area (Å²) in [6.45, 7) is 1.64. The fraction of sp³-hybridized carbons (Fsp3) is 0.143. The summed E-state index contributed by atoms with van der Waals surface area (Å²) in [4.78, 5) is 15.3. The Morgan fingerprint density at radius 3 is 2.33 bits per heavy atom. The zero-order chi connectivity index (χ0) is 15.6. The number of aromatic nitrogens is 1. The number of nitrogens with zero attached hydrogens (tertiary/aromatic N) is 1. The van der Waals surface area contributed by atoms with Crippen molar-refractivity contribution >= 4 is 15.8 Å². The number of hydrogen-bond donors (Lipinski definition) is 1. The van der Waals surface area contributed by atoms with Crippen LogP contribution in [0.25, 0.3) is 0 Å². The van der Waals surface area contributed by atoms with Gasteiger partial charge in [-0.1, -0.05) is 0 Å². The lowest BCUT2D eigenvalue weighted by atomic mass is 10.1. The fourth-order valence-electron chi connectivity index (χ4n) is 1.74. The fourth-order valence-corrected chi connectivity index (χ4v) is 2.37. The number of ether oxygens (including phenoxy) is 1. The predicted molar refractivity (Wildman–Crippen MR) is 75.6 cm³/mol. The maximum atomic E-state index is 11.4. The monoisotopic (exact) mass is 307 g/mol. The first-order valence-corrected chi connectivity index (χ1v) is 7.85. The van der Waals surface area contributed by atoms with E-state index in [1.54, 1.807) is 13.0 Å². The van der Waals surface area contributed by atoms with E-state index >= 15 is 0 Å². The molecule has 1 aromatic carbocycles. The largest absolute Gasteiger partial charge is 0.477 e. The van der Waals surface area contributed by atoms with Gasteiger partial charge in [-0.15, -0.1) is 0 Å². The number of benzene rings is 1. The second-order valence-corrected chi connectivity index (χ2v) is 6.47. The Labute approximate surface area is 121 Å². The van der Waals surface area contributed by atoms with E-state index in [2.05, 4.69) is 4.98 Å². The minimum absolute atomic E-state index is 0.0234. The van der Waals surface area contributed by atoms with E-state index < -0.39 is 15.8 Å². The number of aromatic carboxylic acids is 1. The summed E-state index contributed by atoms with van der Waals surface area (Å²) in [6, 6.07) is 7.25. The molecule has 0 saturated carbocycles. The Hall–Kier alpha value is -2.41. The van der Waals surface area contributed by atoms with Gasteiger partial charge in [0.2, 0.25) is 5.88 Å². The number of rotatable bonds is 4. The van der Waals surface area contributed by atoms with Gasteiger partial charge in [0.05, 0.1) is 4.90 Å². The molecule has 0 radical (unpaired) electrons. The minimum atomic E-state index is -3.29. The van der Waals surface area contributed by atoms with Gasteiger partial charge in [-0.05, 0) is 42.8 Å². The topological polar surface area (TPSA) is 93.6 Å². The van der Waals surface area contributed by atoms with E-state index in [1.165, 1.54) is 30.5 Å². The zero-order valence-electron chi connectivity index (χ0n) is 11.4. The summed E-state index contributed by atoms with van der Waals surface area (Å²) in [5.74, 6) is -0.860. The number of carboxylic acid groups (broad SMARTS) is 1. The quantitative estimate of drug-likeness (QED) is 0.931. The lowest BCUT2D eigenvalue weighted by Gasteiger charge is -2.09. The predicted octanol–water partition coefficient (Wildman–Crippen LogP) is 2.28. The molecule has 0 aliphatic rings. The van der Waals surface area contributed by atoms with Crippen molar-refractivity contribution in [1.82, 2.24) is 4.98 Å². The summed E-state index contributed by atoms with van der Waals surface area (Å²) in [6.07, 6.45) is 2.55. The van der Waals surface area contributed by atoms with Crippen LogP contribution in [0.15, 0.2) is 41.4 Å². The van der Waals surface area contributed by atoms with Crippen molar-refractivity contribution in [2.45, 2.75) is 11.8 Å². The molecule has 2 aromatic rings. The van der Waals surface area contributed by atoms with Crippen LogP contribution in [-0.4, -0.2) is 30.7 Å². The van der Waals surface area contributed by atoms with Crippen LogP contribution in [0.4, 0.5) is 0 Å². The van der Waals surface area contributed by atoms with Gasteiger partial charge < -0.3 is 9.84 Å². The molecule has 0 atom stereocenters. The molecule has 0 bridgehead atoms. The van der Waals surface area contributed by atoms with Crippen LogP contribution in [-0.2, 0) is 9.84 Å². The molecular formula is C14H13NO5S. The summed E-state index contributed by atoms with van der Waals surface area (Å²) >= 11 is 0. The van der Waals surface area contributed by atoms with Gasteiger partial charge in [-0.3, -0.25) is 0 Å². The Balaban J connectivity index is 2.35. The van der Waals surface area contributed by atoms with E-state index in [4.69, 9.17) is 4.74 Å². The number of carboxylic acids is 1. The second-order valence-electron chi connectivity index (χ2n) is 4.46. The highest BCUT2D eigenvalue weighted by molar-refractivity contribution is 7.90. The number of carbonyl (C=O) groups is 1. The van der Waals surface area contributed by atoms with Gasteiger partial charge in [0.1, 0.15) is 11.3 Å². The first-order chi connectivity index (χ1) is 9.79. The van der Waals surface area contributed by atoms with Crippen molar-refractivity contribution in [3.8, 4) is 11.6 Å². The maximum Gasteiger partial charge on any atom is 0.341 e. The summed E-state index contributed by atoms with van der Waals surface area (Å²) < 4.78 is 28.2. The van der Waals surface area contributed by atoms with Crippen LogP contribution in [0.2, 0.25) is 0 Å².